The van der Waals surface area contributed by atoms with Crippen LogP contribution in [0.4, 0.5) is 0 Å². The van der Waals surface area contributed by atoms with Crippen molar-refractivity contribution in [3.63, 3.8) is 0 Å². The lowest BCUT2D eigenvalue weighted by molar-refractivity contribution is 0.0660. The number of nitrogens with zero attached hydrogens (tertiary/aromatic N) is 4. The summed E-state index contributed by atoms with van der Waals surface area (Å²) in [5.74, 6) is -0.808. The smallest absolute Gasteiger partial charge is 0.267 e. The quantitative estimate of drug-likeness (QED) is 0.531. The zero-order valence-corrected chi connectivity index (χ0v) is 15.1. The van der Waals surface area contributed by atoms with Crippen LogP contribution in [0.2, 0.25) is 0 Å². The average Bonchev–Trinajstić information content (AvgIpc) is 3.08. The van der Waals surface area contributed by atoms with Crippen molar-refractivity contribution in [2.75, 3.05) is 0 Å². The predicted octanol–water partition coefficient (Wildman–Crippen LogP) is 3.18. The Morgan fingerprint density at radius 1 is 0.926 bits per heavy atom. The summed E-state index contributed by atoms with van der Waals surface area (Å²) in [6.07, 6.45) is 1.54. The molecule has 0 radical (unpaired) electrons. The Morgan fingerprint density at radius 3 is 2.15 bits per heavy atom. The predicted molar refractivity (Wildman–Crippen MR) is 102 cm³/mol. The van der Waals surface area contributed by atoms with Crippen molar-refractivity contribution in [1.82, 2.24) is 14.8 Å². The van der Waals surface area contributed by atoms with Crippen molar-refractivity contribution in [2.45, 2.75) is 20.4 Å². The molecular weight excluding hydrogens is 340 g/mol. The third kappa shape index (κ3) is 2.95. The van der Waals surface area contributed by atoms with E-state index >= 15 is 0 Å². The van der Waals surface area contributed by atoms with Gasteiger partial charge in [-0.2, -0.15) is 15.2 Å². The molecule has 0 unspecified atom stereocenters. The summed E-state index contributed by atoms with van der Waals surface area (Å²) in [6.45, 7) is 4.49. The van der Waals surface area contributed by atoms with Crippen LogP contribution in [0.1, 0.15) is 43.2 Å². The molecule has 6 nitrogen and oxygen atoms in total. The standard InChI is InChI=1S/C21H18N4O2/c1-14-19(15(2)24(23-14)13-16-8-4-3-5-9-16)12-22-25-20(26)17-10-6-7-11-18(17)21(25)27/h3-12H,13H2,1-2H3/b22-12-. The van der Waals surface area contributed by atoms with Crippen molar-refractivity contribution in [2.24, 2.45) is 5.10 Å². The van der Waals surface area contributed by atoms with Gasteiger partial charge in [-0.15, -0.1) is 0 Å². The van der Waals surface area contributed by atoms with Gasteiger partial charge in [-0.1, -0.05) is 42.5 Å². The first-order valence-corrected chi connectivity index (χ1v) is 8.66. The number of carbonyl (C=O) groups excluding carboxylic acids is 2. The van der Waals surface area contributed by atoms with Crippen molar-refractivity contribution in [1.29, 1.82) is 0 Å². The summed E-state index contributed by atoms with van der Waals surface area (Å²) in [7, 11) is 0. The highest BCUT2D eigenvalue weighted by Gasteiger charge is 2.35. The van der Waals surface area contributed by atoms with Crippen LogP contribution in [-0.4, -0.2) is 32.8 Å². The second kappa shape index (κ2) is 6.64. The van der Waals surface area contributed by atoms with Crippen molar-refractivity contribution >= 4 is 18.0 Å². The van der Waals surface area contributed by atoms with Gasteiger partial charge in [-0.25, -0.2) is 0 Å². The van der Waals surface area contributed by atoms with Gasteiger partial charge in [0.2, 0.25) is 0 Å². The maximum atomic E-state index is 12.4. The lowest BCUT2D eigenvalue weighted by Gasteiger charge is -2.06. The number of aryl methyl sites for hydroxylation is 1. The van der Waals surface area contributed by atoms with Gasteiger partial charge < -0.3 is 0 Å². The van der Waals surface area contributed by atoms with E-state index in [1.54, 1.807) is 30.5 Å². The summed E-state index contributed by atoms with van der Waals surface area (Å²) in [5, 5.41) is 9.65. The summed E-state index contributed by atoms with van der Waals surface area (Å²) < 4.78 is 1.90. The lowest BCUT2D eigenvalue weighted by Crippen LogP contribution is -2.24. The molecule has 2 amide bonds. The number of benzene rings is 2. The molecule has 0 atom stereocenters. The van der Waals surface area contributed by atoms with Gasteiger partial charge in [0, 0.05) is 11.3 Å². The molecule has 0 bridgehead atoms. The fourth-order valence-corrected chi connectivity index (χ4v) is 3.20. The molecule has 1 aromatic heterocycles. The largest absolute Gasteiger partial charge is 0.282 e. The Labute approximate surface area is 156 Å². The Morgan fingerprint density at radius 2 is 1.52 bits per heavy atom. The highest BCUT2D eigenvalue weighted by Crippen LogP contribution is 2.23. The van der Waals surface area contributed by atoms with E-state index < -0.39 is 11.8 Å². The molecule has 6 heteroatoms. The number of carbonyl (C=O) groups is 2. The van der Waals surface area contributed by atoms with E-state index in [9.17, 15) is 9.59 Å². The number of hydrogen-bond donors (Lipinski definition) is 0. The zero-order valence-electron chi connectivity index (χ0n) is 15.1. The highest BCUT2D eigenvalue weighted by atomic mass is 16.2. The Balaban J connectivity index is 1.60. The van der Waals surface area contributed by atoms with Gasteiger partial charge in [-0.05, 0) is 31.5 Å². The molecule has 2 heterocycles. The number of hydrogen-bond acceptors (Lipinski definition) is 4. The van der Waals surface area contributed by atoms with Crippen LogP contribution >= 0.6 is 0 Å². The molecule has 27 heavy (non-hydrogen) atoms. The fraction of sp³-hybridized carbons (Fsp3) is 0.143. The van der Waals surface area contributed by atoms with Crippen molar-refractivity contribution < 1.29 is 9.59 Å². The molecule has 3 aromatic rings. The Kier molecular flexibility index (Phi) is 4.16. The van der Waals surface area contributed by atoms with E-state index in [-0.39, 0.29) is 0 Å². The monoisotopic (exact) mass is 358 g/mol. The molecule has 0 fully saturated rings. The molecular formula is C21H18N4O2. The zero-order chi connectivity index (χ0) is 19.0. The SMILES string of the molecule is Cc1nn(Cc2ccccc2)c(C)c1/C=N\N1C(=O)c2ccccc2C1=O. The van der Waals surface area contributed by atoms with E-state index in [1.807, 2.05) is 48.9 Å². The summed E-state index contributed by atoms with van der Waals surface area (Å²) in [6, 6.07) is 16.8. The van der Waals surface area contributed by atoms with Gasteiger partial charge in [0.05, 0.1) is 29.6 Å². The van der Waals surface area contributed by atoms with Crippen LogP contribution < -0.4 is 0 Å². The minimum Gasteiger partial charge on any atom is -0.267 e. The van der Waals surface area contributed by atoms with Gasteiger partial charge >= 0.3 is 0 Å². The van der Waals surface area contributed by atoms with E-state index in [0.717, 1.165) is 27.5 Å². The second-order valence-corrected chi connectivity index (χ2v) is 6.44. The molecule has 0 saturated heterocycles. The number of imide groups is 1. The first-order chi connectivity index (χ1) is 13.1. The molecule has 0 aliphatic carbocycles. The number of fused-ring (bicyclic) bond motifs is 1. The molecule has 134 valence electrons. The maximum absolute atomic E-state index is 12.4. The number of rotatable bonds is 4. The van der Waals surface area contributed by atoms with E-state index in [0.29, 0.717) is 17.7 Å². The van der Waals surface area contributed by atoms with Crippen molar-refractivity contribution in [3.8, 4) is 0 Å². The van der Waals surface area contributed by atoms with Crippen LogP contribution in [0, 0.1) is 13.8 Å². The molecule has 4 rings (SSSR count). The van der Waals surface area contributed by atoms with E-state index in [2.05, 4.69) is 10.2 Å². The van der Waals surface area contributed by atoms with E-state index in [4.69, 9.17) is 0 Å². The van der Waals surface area contributed by atoms with Crippen LogP contribution in [0.3, 0.4) is 0 Å². The Bertz CT molecular complexity index is 1030. The second-order valence-electron chi connectivity index (χ2n) is 6.44. The average molecular weight is 358 g/mol. The number of hydrazone groups is 1. The van der Waals surface area contributed by atoms with E-state index in [1.165, 1.54) is 0 Å². The number of aromatic nitrogens is 2. The van der Waals surface area contributed by atoms with Crippen LogP contribution in [0.15, 0.2) is 59.7 Å². The third-order valence-corrected chi connectivity index (χ3v) is 4.69. The number of amides is 2. The summed E-state index contributed by atoms with van der Waals surface area (Å²) >= 11 is 0. The first kappa shape index (κ1) is 16.9. The summed E-state index contributed by atoms with van der Waals surface area (Å²) in [4.78, 5) is 24.8. The molecule has 0 spiro atoms. The minimum atomic E-state index is -0.404. The minimum absolute atomic E-state index is 0.382. The Hall–Kier alpha value is -3.54. The molecule has 1 aliphatic rings. The first-order valence-electron chi connectivity index (χ1n) is 8.66. The highest BCUT2D eigenvalue weighted by molar-refractivity contribution is 6.21. The third-order valence-electron chi connectivity index (χ3n) is 4.69. The molecule has 0 saturated carbocycles. The lowest BCUT2D eigenvalue weighted by atomic mass is 10.1. The van der Waals surface area contributed by atoms with Gasteiger partial charge in [0.1, 0.15) is 0 Å². The van der Waals surface area contributed by atoms with Gasteiger partial charge in [0.25, 0.3) is 11.8 Å². The van der Waals surface area contributed by atoms with Crippen LogP contribution in [0.25, 0.3) is 0 Å². The summed E-state index contributed by atoms with van der Waals surface area (Å²) in [5.41, 5.74) is 4.44. The van der Waals surface area contributed by atoms with Crippen LogP contribution in [0.5, 0.6) is 0 Å². The molecule has 0 N–H and O–H groups in total. The molecule has 1 aliphatic heterocycles. The van der Waals surface area contributed by atoms with Gasteiger partial charge in [0.15, 0.2) is 0 Å². The van der Waals surface area contributed by atoms with Crippen molar-refractivity contribution in [3.05, 3.63) is 88.2 Å². The fourth-order valence-electron chi connectivity index (χ4n) is 3.20. The maximum Gasteiger partial charge on any atom is 0.282 e. The topological polar surface area (TPSA) is 67.6 Å². The molecule has 2 aromatic carbocycles. The normalized spacial score (nSPS) is 13.6. The van der Waals surface area contributed by atoms with Gasteiger partial charge in [-0.3, -0.25) is 14.3 Å². The van der Waals surface area contributed by atoms with Crippen LogP contribution in [-0.2, 0) is 6.54 Å².